The van der Waals surface area contributed by atoms with Crippen molar-refractivity contribution >= 4 is 17.6 Å². The molecule has 1 aromatic carbocycles. The third kappa shape index (κ3) is 3.75. The second-order valence-corrected chi connectivity index (χ2v) is 5.25. The van der Waals surface area contributed by atoms with Gasteiger partial charge in [0, 0.05) is 12.1 Å². The Balaban J connectivity index is 2.09. The standard InChI is InChI=1S/C15H17F3N2O3/c1-3-23-14(22)12(15(16,17)18)20-13(21)10-7-9-6-4-5-8(2)11(9)19-10/h4-6,10,12,19H,3,7H2,1-2H3,(H,20,21). The summed E-state index contributed by atoms with van der Waals surface area (Å²) in [5.74, 6) is -2.41. The fraction of sp³-hybridized carbons (Fsp3) is 0.467. The van der Waals surface area contributed by atoms with Crippen LogP contribution in [0.4, 0.5) is 18.9 Å². The Hall–Kier alpha value is -2.25. The zero-order valence-electron chi connectivity index (χ0n) is 12.7. The number of alkyl halides is 3. The number of benzene rings is 1. The summed E-state index contributed by atoms with van der Waals surface area (Å²) in [6, 6.07) is 1.93. The average Bonchev–Trinajstić information content (AvgIpc) is 2.89. The Morgan fingerprint density at radius 3 is 2.70 bits per heavy atom. The molecule has 0 fully saturated rings. The molecular weight excluding hydrogens is 313 g/mol. The van der Waals surface area contributed by atoms with Gasteiger partial charge in [-0.25, -0.2) is 4.79 Å². The number of rotatable bonds is 4. The first-order chi connectivity index (χ1) is 10.7. The predicted molar refractivity (Wildman–Crippen MR) is 76.9 cm³/mol. The summed E-state index contributed by atoms with van der Waals surface area (Å²) in [5, 5.41) is 4.64. The Labute approximate surface area is 131 Å². The van der Waals surface area contributed by atoms with Crippen LogP contribution >= 0.6 is 0 Å². The molecule has 2 N–H and O–H groups in total. The molecule has 1 amide bonds. The number of hydrogen-bond donors (Lipinski definition) is 2. The fourth-order valence-corrected chi connectivity index (χ4v) is 2.45. The van der Waals surface area contributed by atoms with Gasteiger partial charge in [-0.1, -0.05) is 18.2 Å². The van der Waals surface area contributed by atoms with E-state index in [1.807, 2.05) is 19.1 Å². The number of hydrogen-bond acceptors (Lipinski definition) is 4. The van der Waals surface area contributed by atoms with Crippen LogP contribution in [0.25, 0.3) is 0 Å². The highest BCUT2D eigenvalue weighted by atomic mass is 19.4. The number of nitrogens with one attached hydrogen (secondary N) is 2. The second-order valence-electron chi connectivity index (χ2n) is 5.25. The molecule has 5 nitrogen and oxygen atoms in total. The van der Waals surface area contributed by atoms with Crippen molar-refractivity contribution in [2.45, 2.75) is 38.5 Å². The highest BCUT2D eigenvalue weighted by Gasteiger charge is 2.48. The van der Waals surface area contributed by atoms with Crippen molar-refractivity contribution < 1.29 is 27.5 Å². The predicted octanol–water partition coefficient (Wildman–Crippen LogP) is 1.94. The molecule has 0 aromatic heterocycles. The first-order valence-electron chi connectivity index (χ1n) is 7.12. The van der Waals surface area contributed by atoms with Gasteiger partial charge in [-0.3, -0.25) is 4.79 Å². The largest absolute Gasteiger partial charge is 0.464 e. The van der Waals surface area contributed by atoms with Gasteiger partial charge in [0.05, 0.1) is 6.61 Å². The van der Waals surface area contributed by atoms with E-state index in [4.69, 9.17) is 0 Å². The normalized spacial score (nSPS) is 17.9. The summed E-state index contributed by atoms with van der Waals surface area (Å²) in [5.41, 5.74) is 2.49. The van der Waals surface area contributed by atoms with E-state index in [1.165, 1.54) is 6.92 Å². The van der Waals surface area contributed by atoms with Crippen molar-refractivity contribution in [3.63, 3.8) is 0 Å². The molecule has 1 aliphatic heterocycles. The van der Waals surface area contributed by atoms with Crippen LogP contribution in [0, 0.1) is 6.92 Å². The molecular formula is C15H17F3N2O3. The molecule has 2 rings (SSSR count). The Kier molecular flexibility index (Phi) is 4.82. The first-order valence-corrected chi connectivity index (χ1v) is 7.12. The zero-order chi connectivity index (χ0) is 17.2. The van der Waals surface area contributed by atoms with Crippen LogP contribution in [-0.4, -0.2) is 36.7 Å². The summed E-state index contributed by atoms with van der Waals surface area (Å²) in [4.78, 5) is 23.5. The van der Waals surface area contributed by atoms with Gasteiger partial charge in [0.25, 0.3) is 0 Å². The van der Waals surface area contributed by atoms with Gasteiger partial charge >= 0.3 is 12.1 Å². The molecule has 0 bridgehead atoms. The number of aryl methyl sites for hydroxylation is 1. The van der Waals surface area contributed by atoms with Crippen molar-refractivity contribution in [3.05, 3.63) is 29.3 Å². The molecule has 0 radical (unpaired) electrons. The highest BCUT2D eigenvalue weighted by Crippen LogP contribution is 2.29. The van der Waals surface area contributed by atoms with Crippen molar-refractivity contribution in [1.29, 1.82) is 0 Å². The van der Waals surface area contributed by atoms with Gasteiger partial charge < -0.3 is 15.4 Å². The highest BCUT2D eigenvalue weighted by molar-refractivity contribution is 5.91. The lowest BCUT2D eigenvalue weighted by Gasteiger charge is -2.21. The Morgan fingerprint density at radius 1 is 1.43 bits per heavy atom. The molecule has 0 spiro atoms. The van der Waals surface area contributed by atoms with E-state index < -0.39 is 30.1 Å². The zero-order valence-corrected chi connectivity index (χ0v) is 12.7. The monoisotopic (exact) mass is 330 g/mol. The van der Waals surface area contributed by atoms with E-state index in [9.17, 15) is 22.8 Å². The van der Waals surface area contributed by atoms with Crippen LogP contribution < -0.4 is 10.6 Å². The maximum Gasteiger partial charge on any atom is 0.419 e. The number of fused-ring (bicyclic) bond motifs is 1. The molecule has 0 saturated carbocycles. The molecule has 1 aromatic rings. The smallest absolute Gasteiger partial charge is 0.419 e. The van der Waals surface area contributed by atoms with Gasteiger partial charge in [-0.2, -0.15) is 13.2 Å². The minimum atomic E-state index is -4.91. The van der Waals surface area contributed by atoms with E-state index >= 15 is 0 Å². The van der Waals surface area contributed by atoms with E-state index in [0.29, 0.717) is 0 Å². The number of esters is 1. The summed E-state index contributed by atoms with van der Waals surface area (Å²) < 4.78 is 43.2. The van der Waals surface area contributed by atoms with Crippen LogP contribution in [0.5, 0.6) is 0 Å². The quantitative estimate of drug-likeness (QED) is 0.828. The summed E-state index contributed by atoms with van der Waals surface area (Å²) in [6.07, 6.45) is -4.65. The molecule has 2 unspecified atom stereocenters. The van der Waals surface area contributed by atoms with Crippen LogP contribution in [0.2, 0.25) is 0 Å². The lowest BCUT2D eigenvalue weighted by atomic mass is 10.1. The molecule has 2 atom stereocenters. The van der Waals surface area contributed by atoms with E-state index in [2.05, 4.69) is 10.1 Å². The number of carbonyl (C=O) groups excluding carboxylic acids is 2. The maximum atomic E-state index is 12.9. The van der Waals surface area contributed by atoms with Crippen molar-refractivity contribution in [1.82, 2.24) is 5.32 Å². The van der Waals surface area contributed by atoms with Crippen LogP contribution in [-0.2, 0) is 20.7 Å². The number of ether oxygens (including phenoxy) is 1. The van der Waals surface area contributed by atoms with Gasteiger partial charge in [0.15, 0.2) is 0 Å². The molecule has 8 heteroatoms. The maximum absolute atomic E-state index is 12.9. The van der Waals surface area contributed by atoms with Crippen LogP contribution in [0.15, 0.2) is 18.2 Å². The summed E-state index contributed by atoms with van der Waals surface area (Å²) in [7, 11) is 0. The average molecular weight is 330 g/mol. The summed E-state index contributed by atoms with van der Waals surface area (Å²) in [6.45, 7) is 3.03. The van der Waals surface area contributed by atoms with Crippen molar-refractivity contribution in [3.8, 4) is 0 Å². The molecule has 1 heterocycles. The van der Waals surface area contributed by atoms with E-state index in [1.54, 1.807) is 11.4 Å². The number of anilines is 1. The minimum absolute atomic E-state index is 0.201. The van der Waals surface area contributed by atoms with Gasteiger partial charge in [0.2, 0.25) is 11.9 Å². The molecule has 0 saturated heterocycles. The minimum Gasteiger partial charge on any atom is -0.464 e. The topological polar surface area (TPSA) is 67.4 Å². The van der Waals surface area contributed by atoms with Gasteiger partial charge in [-0.05, 0) is 25.0 Å². The molecule has 0 aliphatic carbocycles. The van der Waals surface area contributed by atoms with E-state index in [-0.39, 0.29) is 13.0 Å². The van der Waals surface area contributed by atoms with Gasteiger partial charge in [-0.15, -0.1) is 0 Å². The molecule has 126 valence electrons. The SMILES string of the molecule is CCOC(=O)C(NC(=O)C1Cc2cccc(C)c2N1)C(F)(F)F. The lowest BCUT2D eigenvalue weighted by Crippen LogP contribution is -2.54. The van der Waals surface area contributed by atoms with Crippen LogP contribution in [0.3, 0.4) is 0 Å². The second kappa shape index (κ2) is 6.47. The number of amides is 1. The first kappa shape index (κ1) is 17.1. The Bertz CT molecular complexity index is 616. The third-order valence-corrected chi connectivity index (χ3v) is 3.55. The van der Waals surface area contributed by atoms with Crippen LogP contribution in [0.1, 0.15) is 18.1 Å². The fourth-order valence-electron chi connectivity index (χ4n) is 2.45. The van der Waals surface area contributed by atoms with Crippen molar-refractivity contribution in [2.24, 2.45) is 0 Å². The summed E-state index contributed by atoms with van der Waals surface area (Å²) >= 11 is 0. The number of carbonyl (C=O) groups is 2. The van der Waals surface area contributed by atoms with E-state index in [0.717, 1.165) is 16.8 Å². The van der Waals surface area contributed by atoms with Gasteiger partial charge in [0.1, 0.15) is 6.04 Å². The lowest BCUT2D eigenvalue weighted by molar-refractivity contribution is -0.186. The van der Waals surface area contributed by atoms with Crippen molar-refractivity contribution in [2.75, 3.05) is 11.9 Å². The number of halogens is 3. The Morgan fingerprint density at radius 2 is 2.13 bits per heavy atom. The molecule has 23 heavy (non-hydrogen) atoms. The third-order valence-electron chi connectivity index (χ3n) is 3.55. The molecule has 1 aliphatic rings. The number of para-hydroxylation sites is 1.